The van der Waals surface area contributed by atoms with Crippen molar-refractivity contribution in [2.75, 3.05) is 0 Å². The SMILES string of the molecule is Oc1ccc2c(c1Br)CCCC2. The Morgan fingerprint density at radius 2 is 1.92 bits per heavy atom. The van der Waals surface area contributed by atoms with E-state index in [1.165, 1.54) is 24.0 Å². The molecule has 12 heavy (non-hydrogen) atoms. The Balaban J connectivity index is 2.54. The van der Waals surface area contributed by atoms with Gasteiger partial charge in [-0.1, -0.05) is 6.07 Å². The first kappa shape index (κ1) is 8.11. The molecule has 0 aliphatic heterocycles. The average molecular weight is 227 g/mol. The maximum atomic E-state index is 9.43. The Labute approximate surface area is 80.5 Å². The Kier molecular flexibility index (Phi) is 2.09. The van der Waals surface area contributed by atoms with Crippen molar-refractivity contribution in [3.63, 3.8) is 0 Å². The molecule has 1 aromatic carbocycles. The second-order valence-corrected chi connectivity index (χ2v) is 4.04. The monoisotopic (exact) mass is 226 g/mol. The lowest BCUT2D eigenvalue weighted by atomic mass is 9.92. The first-order valence-corrected chi connectivity index (χ1v) is 5.07. The number of aryl methyl sites for hydroxylation is 1. The molecule has 0 radical (unpaired) electrons. The van der Waals surface area contributed by atoms with Crippen molar-refractivity contribution in [3.8, 4) is 5.75 Å². The van der Waals surface area contributed by atoms with Crippen molar-refractivity contribution in [1.29, 1.82) is 0 Å². The van der Waals surface area contributed by atoms with Crippen LogP contribution in [0.25, 0.3) is 0 Å². The van der Waals surface area contributed by atoms with Gasteiger partial charge in [-0.15, -0.1) is 0 Å². The zero-order chi connectivity index (χ0) is 8.55. The second kappa shape index (κ2) is 3.09. The van der Waals surface area contributed by atoms with Crippen molar-refractivity contribution >= 4 is 15.9 Å². The van der Waals surface area contributed by atoms with Crippen LogP contribution in [-0.4, -0.2) is 5.11 Å². The topological polar surface area (TPSA) is 20.2 Å². The van der Waals surface area contributed by atoms with Crippen LogP contribution in [0.4, 0.5) is 0 Å². The Morgan fingerprint density at radius 1 is 1.17 bits per heavy atom. The van der Waals surface area contributed by atoms with Crippen LogP contribution in [0, 0.1) is 0 Å². The van der Waals surface area contributed by atoms with Gasteiger partial charge in [-0.05, 0) is 58.8 Å². The van der Waals surface area contributed by atoms with Crippen molar-refractivity contribution in [3.05, 3.63) is 27.7 Å². The van der Waals surface area contributed by atoms with Crippen LogP contribution < -0.4 is 0 Å². The molecule has 1 N–H and O–H groups in total. The molecular weight excluding hydrogens is 216 g/mol. The van der Waals surface area contributed by atoms with Crippen molar-refractivity contribution in [1.82, 2.24) is 0 Å². The minimum absolute atomic E-state index is 0.371. The minimum atomic E-state index is 0.371. The molecule has 0 spiro atoms. The molecule has 1 aromatic rings. The van der Waals surface area contributed by atoms with Gasteiger partial charge in [-0.25, -0.2) is 0 Å². The third kappa shape index (κ3) is 1.24. The summed E-state index contributed by atoms with van der Waals surface area (Å²) in [4.78, 5) is 0. The van der Waals surface area contributed by atoms with Gasteiger partial charge in [-0.2, -0.15) is 0 Å². The van der Waals surface area contributed by atoms with Crippen LogP contribution in [0.1, 0.15) is 24.0 Å². The van der Waals surface area contributed by atoms with Gasteiger partial charge >= 0.3 is 0 Å². The number of halogens is 1. The molecule has 2 heteroatoms. The quantitative estimate of drug-likeness (QED) is 0.722. The van der Waals surface area contributed by atoms with Crippen LogP contribution in [0.3, 0.4) is 0 Å². The highest BCUT2D eigenvalue weighted by atomic mass is 79.9. The summed E-state index contributed by atoms with van der Waals surface area (Å²) in [5.41, 5.74) is 2.70. The number of hydrogen-bond acceptors (Lipinski definition) is 1. The Bertz CT molecular complexity index is 307. The van der Waals surface area contributed by atoms with Crippen molar-refractivity contribution in [2.45, 2.75) is 25.7 Å². The number of rotatable bonds is 0. The van der Waals surface area contributed by atoms with E-state index in [0.29, 0.717) is 5.75 Å². The van der Waals surface area contributed by atoms with E-state index in [-0.39, 0.29) is 0 Å². The minimum Gasteiger partial charge on any atom is -0.507 e. The molecule has 1 aliphatic carbocycles. The van der Waals surface area contributed by atoms with Gasteiger partial charge in [0.25, 0.3) is 0 Å². The zero-order valence-electron chi connectivity index (χ0n) is 6.81. The highest BCUT2D eigenvalue weighted by molar-refractivity contribution is 9.10. The standard InChI is InChI=1S/C10H11BrO/c11-10-8-4-2-1-3-7(8)5-6-9(10)12/h5-6,12H,1-4H2. The van der Waals surface area contributed by atoms with Crippen LogP contribution in [-0.2, 0) is 12.8 Å². The first-order chi connectivity index (χ1) is 5.79. The van der Waals surface area contributed by atoms with E-state index in [0.717, 1.165) is 17.3 Å². The normalized spacial score (nSPS) is 15.8. The summed E-state index contributed by atoms with van der Waals surface area (Å²) in [6.07, 6.45) is 4.79. The number of benzene rings is 1. The molecule has 0 unspecified atom stereocenters. The molecule has 0 aromatic heterocycles. The fraction of sp³-hybridized carbons (Fsp3) is 0.400. The van der Waals surface area contributed by atoms with E-state index in [1.54, 1.807) is 6.07 Å². The van der Waals surface area contributed by atoms with Crippen LogP contribution in [0.5, 0.6) is 5.75 Å². The number of phenolic OH excluding ortho intramolecular Hbond substituents is 1. The fourth-order valence-electron chi connectivity index (χ4n) is 1.77. The molecule has 0 amide bonds. The Hall–Kier alpha value is -0.500. The molecule has 2 rings (SSSR count). The van der Waals surface area contributed by atoms with E-state index in [4.69, 9.17) is 0 Å². The largest absolute Gasteiger partial charge is 0.507 e. The third-order valence-corrected chi connectivity index (χ3v) is 3.33. The summed E-state index contributed by atoms with van der Waals surface area (Å²) < 4.78 is 0.903. The van der Waals surface area contributed by atoms with Crippen LogP contribution in [0.2, 0.25) is 0 Å². The highest BCUT2D eigenvalue weighted by Crippen LogP contribution is 2.34. The third-order valence-electron chi connectivity index (χ3n) is 2.44. The van der Waals surface area contributed by atoms with Gasteiger partial charge in [0, 0.05) is 0 Å². The first-order valence-electron chi connectivity index (χ1n) is 4.28. The van der Waals surface area contributed by atoms with Gasteiger partial charge in [0.05, 0.1) is 4.47 Å². The van der Waals surface area contributed by atoms with E-state index < -0.39 is 0 Å². The van der Waals surface area contributed by atoms with E-state index in [2.05, 4.69) is 15.9 Å². The molecule has 0 saturated carbocycles. The van der Waals surface area contributed by atoms with Gasteiger partial charge in [0.1, 0.15) is 5.75 Å². The van der Waals surface area contributed by atoms with Gasteiger partial charge in [0.15, 0.2) is 0 Å². The molecule has 1 nitrogen and oxygen atoms in total. The number of hydrogen-bond donors (Lipinski definition) is 1. The van der Waals surface area contributed by atoms with Gasteiger partial charge < -0.3 is 5.11 Å². The van der Waals surface area contributed by atoms with E-state index in [1.807, 2.05) is 6.07 Å². The molecule has 0 bridgehead atoms. The average Bonchev–Trinajstić information content (AvgIpc) is 2.12. The molecule has 1 aliphatic rings. The highest BCUT2D eigenvalue weighted by Gasteiger charge is 2.13. The molecule has 0 saturated heterocycles. The predicted molar refractivity (Wildman–Crippen MR) is 52.4 cm³/mol. The summed E-state index contributed by atoms with van der Waals surface area (Å²) in [5.74, 6) is 0.371. The van der Waals surface area contributed by atoms with Crippen LogP contribution >= 0.6 is 15.9 Å². The lowest BCUT2D eigenvalue weighted by Crippen LogP contribution is -2.02. The smallest absolute Gasteiger partial charge is 0.130 e. The fourth-order valence-corrected chi connectivity index (χ4v) is 2.36. The Morgan fingerprint density at radius 3 is 2.75 bits per heavy atom. The maximum Gasteiger partial charge on any atom is 0.130 e. The molecule has 0 atom stereocenters. The van der Waals surface area contributed by atoms with Crippen molar-refractivity contribution < 1.29 is 5.11 Å². The predicted octanol–water partition coefficient (Wildman–Crippen LogP) is 3.03. The maximum absolute atomic E-state index is 9.43. The summed E-state index contributed by atoms with van der Waals surface area (Å²) in [5, 5.41) is 9.43. The summed E-state index contributed by atoms with van der Waals surface area (Å²) in [7, 11) is 0. The molecule has 0 heterocycles. The summed E-state index contributed by atoms with van der Waals surface area (Å²) in [6, 6.07) is 3.81. The zero-order valence-corrected chi connectivity index (χ0v) is 8.39. The molecule has 64 valence electrons. The summed E-state index contributed by atoms with van der Waals surface area (Å²) >= 11 is 3.42. The molecule has 0 fully saturated rings. The number of aromatic hydroxyl groups is 1. The lowest BCUT2D eigenvalue weighted by Gasteiger charge is -2.17. The number of phenols is 1. The van der Waals surface area contributed by atoms with Crippen LogP contribution in [0.15, 0.2) is 16.6 Å². The van der Waals surface area contributed by atoms with E-state index in [9.17, 15) is 5.11 Å². The lowest BCUT2D eigenvalue weighted by molar-refractivity contribution is 0.469. The molecular formula is C10H11BrO. The van der Waals surface area contributed by atoms with Crippen molar-refractivity contribution in [2.24, 2.45) is 0 Å². The second-order valence-electron chi connectivity index (χ2n) is 3.24. The van der Waals surface area contributed by atoms with Gasteiger partial charge in [-0.3, -0.25) is 0 Å². The van der Waals surface area contributed by atoms with Gasteiger partial charge in [0.2, 0.25) is 0 Å². The van der Waals surface area contributed by atoms with E-state index >= 15 is 0 Å². The summed E-state index contributed by atoms with van der Waals surface area (Å²) in [6.45, 7) is 0. The number of fused-ring (bicyclic) bond motifs is 1.